The molecule has 6 nitrogen and oxygen atoms in total. The molecule has 20 heavy (non-hydrogen) atoms. The zero-order valence-corrected chi connectivity index (χ0v) is 12.1. The third-order valence-electron chi connectivity index (χ3n) is 3.22. The smallest absolute Gasteiger partial charge is 0.329 e. The summed E-state index contributed by atoms with van der Waals surface area (Å²) in [5.74, 6) is -0.346. The number of aryl methyl sites for hydroxylation is 1. The molecule has 0 saturated heterocycles. The Morgan fingerprint density at radius 2 is 2.05 bits per heavy atom. The number of benzene rings is 1. The zero-order valence-electron chi connectivity index (χ0n) is 12.1. The Hall–Kier alpha value is -2.24. The lowest BCUT2D eigenvalue weighted by atomic mass is 10.00. The van der Waals surface area contributed by atoms with Crippen LogP contribution >= 0.6 is 0 Å². The number of nitrogens with one attached hydrogen (secondary N) is 2. The summed E-state index contributed by atoms with van der Waals surface area (Å²) in [5.41, 5.74) is 0.164. The number of carbonyl (C=O) groups excluding carboxylic acids is 1. The molecular formula is C14H20N2O4. The van der Waals surface area contributed by atoms with E-state index < -0.39 is 17.5 Å². The fourth-order valence-electron chi connectivity index (χ4n) is 1.66. The molecule has 1 rings (SSSR count). The van der Waals surface area contributed by atoms with E-state index in [1.54, 1.807) is 32.2 Å². The summed E-state index contributed by atoms with van der Waals surface area (Å²) >= 11 is 0. The van der Waals surface area contributed by atoms with Crippen LogP contribution in [0.4, 0.5) is 10.5 Å². The van der Waals surface area contributed by atoms with Crippen LogP contribution in [0, 0.1) is 6.92 Å². The van der Waals surface area contributed by atoms with Gasteiger partial charge in [0.15, 0.2) is 0 Å². The second kappa shape index (κ2) is 6.27. The molecule has 1 aromatic carbocycles. The van der Waals surface area contributed by atoms with Crippen LogP contribution in [0.3, 0.4) is 0 Å². The molecule has 0 aliphatic heterocycles. The van der Waals surface area contributed by atoms with E-state index in [4.69, 9.17) is 9.84 Å². The van der Waals surface area contributed by atoms with Crippen molar-refractivity contribution >= 4 is 17.7 Å². The van der Waals surface area contributed by atoms with Crippen molar-refractivity contribution in [2.24, 2.45) is 0 Å². The van der Waals surface area contributed by atoms with Gasteiger partial charge in [-0.05, 0) is 44.0 Å². The van der Waals surface area contributed by atoms with Gasteiger partial charge in [-0.1, -0.05) is 6.92 Å². The number of anilines is 1. The molecule has 1 unspecified atom stereocenters. The van der Waals surface area contributed by atoms with Gasteiger partial charge >= 0.3 is 12.0 Å². The second-order valence-corrected chi connectivity index (χ2v) is 4.75. The van der Waals surface area contributed by atoms with Crippen molar-refractivity contribution in [1.82, 2.24) is 5.32 Å². The monoisotopic (exact) mass is 280 g/mol. The number of amides is 2. The van der Waals surface area contributed by atoms with E-state index in [0.717, 1.165) is 11.3 Å². The average molecular weight is 280 g/mol. The van der Waals surface area contributed by atoms with Crippen molar-refractivity contribution < 1.29 is 19.4 Å². The van der Waals surface area contributed by atoms with Gasteiger partial charge in [0.05, 0.1) is 7.11 Å². The highest BCUT2D eigenvalue weighted by Crippen LogP contribution is 2.21. The third kappa shape index (κ3) is 3.63. The van der Waals surface area contributed by atoms with Crippen molar-refractivity contribution in [2.45, 2.75) is 32.7 Å². The molecule has 0 aliphatic rings. The van der Waals surface area contributed by atoms with Gasteiger partial charge in [-0.15, -0.1) is 0 Å². The van der Waals surface area contributed by atoms with Gasteiger partial charge in [0, 0.05) is 5.69 Å². The molecule has 1 aromatic rings. The van der Waals surface area contributed by atoms with Crippen LogP contribution in [-0.2, 0) is 4.79 Å². The number of carboxylic acid groups (broad SMARTS) is 1. The van der Waals surface area contributed by atoms with Crippen LogP contribution in [0.5, 0.6) is 5.75 Å². The third-order valence-corrected chi connectivity index (χ3v) is 3.22. The molecule has 0 aromatic heterocycles. The van der Waals surface area contributed by atoms with Crippen LogP contribution in [0.15, 0.2) is 18.2 Å². The highest BCUT2D eigenvalue weighted by atomic mass is 16.5. The molecular weight excluding hydrogens is 260 g/mol. The van der Waals surface area contributed by atoms with Crippen LogP contribution in [0.25, 0.3) is 0 Å². The number of hydrogen-bond acceptors (Lipinski definition) is 3. The van der Waals surface area contributed by atoms with Gasteiger partial charge in [-0.2, -0.15) is 0 Å². The second-order valence-electron chi connectivity index (χ2n) is 4.75. The first kappa shape index (κ1) is 15.8. The van der Waals surface area contributed by atoms with Crippen molar-refractivity contribution in [1.29, 1.82) is 0 Å². The quantitative estimate of drug-likeness (QED) is 0.772. The summed E-state index contributed by atoms with van der Waals surface area (Å²) in [4.78, 5) is 23.0. The van der Waals surface area contributed by atoms with Crippen LogP contribution < -0.4 is 15.4 Å². The number of methoxy groups -OCH3 is 1. The minimum atomic E-state index is -1.29. The lowest BCUT2D eigenvalue weighted by Gasteiger charge is -2.24. The van der Waals surface area contributed by atoms with Gasteiger partial charge in [0.1, 0.15) is 11.3 Å². The Bertz CT molecular complexity index is 516. The summed E-state index contributed by atoms with van der Waals surface area (Å²) in [6.07, 6.45) is 0.289. The summed E-state index contributed by atoms with van der Waals surface area (Å²) < 4.78 is 5.13. The summed E-state index contributed by atoms with van der Waals surface area (Å²) in [6, 6.07) is 4.63. The molecule has 0 spiro atoms. The first-order chi connectivity index (χ1) is 9.32. The molecule has 0 radical (unpaired) electrons. The molecule has 0 bridgehead atoms. The van der Waals surface area contributed by atoms with E-state index in [-0.39, 0.29) is 6.42 Å². The van der Waals surface area contributed by atoms with E-state index in [0.29, 0.717) is 5.69 Å². The molecule has 1 atom stereocenters. The number of aliphatic carboxylic acids is 1. The Morgan fingerprint density at radius 3 is 2.50 bits per heavy atom. The minimum Gasteiger partial charge on any atom is -0.496 e. The van der Waals surface area contributed by atoms with Crippen LogP contribution in [0.1, 0.15) is 25.8 Å². The number of carboxylic acids is 1. The SMILES string of the molecule is CCC(C)(NC(=O)Nc1ccc(OC)c(C)c1)C(=O)O. The number of ether oxygens (including phenoxy) is 1. The summed E-state index contributed by atoms with van der Waals surface area (Å²) in [7, 11) is 1.57. The lowest BCUT2D eigenvalue weighted by molar-refractivity contribution is -0.143. The average Bonchev–Trinajstić information content (AvgIpc) is 2.38. The first-order valence-corrected chi connectivity index (χ1v) is 6.29. The first-order valence-electron chi connectivity index (χ1n) is 6.29. The fraction of sp³-hybridized carbons (Fsp3) is 0.429. The Labute approximate surface area is 118 Å². The summed E-state index contributed by atoms with van der Waals surface area (Å²) in [6.45, 7) is 5.02. The van der Waals surface area contributed by atoms with E-state index in [1.165, 1.54) is 6.92 Å². The lowest BCUT2D eigenvalue weighted by Crippen LogP contribution is -2.53. The molecule has 6 heteroatoms. The van der Waals surface area contributed by atoms with Gasteiger partial charge in [-0.3, -0.25) is 0 Å². The van der Waals surface area contributed by atoms with E-state index >= 15 is 0 Å². The molecule has 0 fully saturated rings. The molecule has 2 amide bonds. The van der Waals surface area contributed by atoms with Gasteiger partial charge in [0.2, 0.25) is 0 Å². The number of hydrogen-bond donors (Lipinski definition) is 3. The predicted octanol–water partition coefficient (Wildman–Crippen LogP) is 2.38. The fourth-order valence-corrected chi connectivity index (χ4v) is 1.66. The van der Waals surface area contributed by atoms with Gasteiger partial charge < -0.3 is 20.5 Å². The molecule has 0 heterocycles. The van der Waals surface area contributed by atoms with Crippen molar-refractivity contribution in [3.05, 3.63) is 23.8 Å². The minimum absolute atomic E-state index is 0.289. The maximum absolute atomic E-state index is 11.8. The Kier molecular flexibility index (Phi) is 4.96. The van der Waals surface area contributed by atoms with Gasteiger partial charge in [-0.25, -0.2) is 9.59 Å². The molecule has 0 saturated carbocycles. The highest BCUT2D eigenvalue weighted by molar-refractivity contribution is 5.93. The van der Waals surface area contributed by atoms with Crippen molar-refractivity contribution in [3.63, 3.8) is 0 Å². The number of rotatable bonds is 5. The number of carbonyl (C=O) groups is 2. The van der Waals surface area contributed by atoms with Crippen molar-refractivity contribution in [2.75, 3.05) is 12.4 Å². The zero-order chi connectivity index (χ0) is 15.3. The number of urea groups is 1. The highest BCUT2D eigenvalue weighted by Gasteiger charge is 2.32. The maximum atomic E-state index is 11.8. The largest absolute Gasteiger partial charge is 0.496 e. The Morgan fingerprint density at radius 1 is 1.40 bits per heavy atom. The molecule has 0 aliphatic carbocycles. The van der Waals surface area contributed by atoms with Crippen LogP contribution in [0.2, 0.25) is 0 Å². The van der Waals surface area contributed by atoms with Gasteiger partial charge in [0.25, 0.3) is 0 Å². The van der Waals surface area contributed by atoms with Crippen LogP contribution in [-0.4, -0.2) is 29.8 Å². The normalized spacial score (nSPS) is 13.2. The Balaban J connectivity index is 2.76. The van der Waals surface area contributed by atoms with Crippen molar-refractivity contribution in [3.8, 4) is 5.75 Å². The van der Waals surface area contributed by atoms with E-state index in [1.807, 2.05) is 6.92 Å². The molecule has 3 N–H and O–H groups in total. The van der Waals surface area contributed by atoms with E-state index in [2.05, 4.69) is 10.6 Å². The predicted molar refractivity (Wildman–Crippen MR) is 76.2 cm³/mol. The van der Waals surface area contributed by atoms with E-state index in [9.17, 15) is 9.59 Å². The topological polar surface area (TPSA) is 87.7 Å². The maximum Gasteiger partial charge on any atom is 0.329 e. The molecule has 110 valence electrons. The summed E-state index contributed by atoms with van der Waals surface area (Å²) in [5, 5.41) is 14.2. The standard InChI is InChI=1S/C14H20N2O4/c1-5-14(3,12(17)18)16-13(19)15-10-6-7-11(20-4)9(2)8-10/h6-8H,5H2,1-4H3,(H,17,18)(H2,15,16,19).